The molecular weight excluding hydrogens is 349 g/mol. The Labute approximate surface area is 132 Å². The van der Waals surface area contributed by atoms with Gasteiger partial charge < -0.3 is 0 Å². The quantitative estimate of drug-likeness (QED) is 0.405. The molecule has 0 aliphatic carbocycles. The zero-order chi connectivity index (χ0) is 15.7. The molecule has 5 nitrogen and oxygen atoms in total. The van der Waals surface area contributed by atoms with Crippen molar-refractivity contribution in [3.05, 3.63) is 45.0 Å². The van der Waals surface area contributed by atoms with Gasteiger partial charge in [0.2, 0.25) is 0 Å². The Balaban J connectivity index is 2.22. The number of pyridine rings is 1. The zero-order valence-corrected chi connectivity index (χ0v) is 13.8. The van der Waals surface area contributed by atoms with Crippen molar-refractivity contribution in [2.75, 3.05) is 13.7 Å². The summed E-state index contributed by atoms with van der Waals surface area (Å²) in [6.07, 6.45) is 0. The Hall–Kier alpha value is -2.17. The van der Waals surface area contributed by atoms with Gasteiger partial charge >= 0.3 is 132 Å². The van der Waals surface area contributed by atoms with Crippen LogP contribution < -0.4 is 9.04 Å². The molecule has 112 valence electrons. The summed E-state index contributed by atoms with van der Waals surface area (Å²) >= 11 is -0.524. The molecule has 0 radical (unpaired) electrons. The number of nitrogens with zero attached hydrogens (tertiary/aromatic N) is 1. The van der Waals surface area contributed by atoms with Crippen LogP contribution in [-0.4, -0.2) is 39.2 Å². The van der Waals surface area contributed by atoms with Gasteiger partial charge in [-0.3, -0.25) is 0 Å². The summed E-state index contributed by atoms with van der Waals surface area (Å²) in [5.41, 5.74) is 0.893. The van der Waals surface area contributed by atoms with Gasteiger partial charge in [0.15, 0.2) is 0 Å². The zero-order valence-electron chi connectivity index (χ0n) is 12.1. The van der Waals surface area contributed by atoms with Crippen molar-refractivity contribution >= 4 is 41.2 Å². The molecule has 3 aromatic rings. The average molecular weight is 362 g/mol. The minimum absolute atomic E-state index is 0.115. The van der Waals surface area contributed by atoms with E-state index in [9.17, 15) is 9.59 Å². The third kappa shape index (κ3) is 2.63. The van der Waals surface area contributed by atoms with Crippen molar-refractivity contribution in [1.29, 1.82) is 0 Å². The van der Waals surface area contributed by atoms with E-state index in [-0.39, 0.29) is 16.5 Å². The first-order valence-corrected chi connectivity index (χ1v) is 8.43. The molecular formula is C16H13NO4Se. The van der Waals surface area contributed by atoms with E-state index in [1.165, 1.54) is 0 Å². The van der Waals surface area contributed by atoms with Gasteiger partial charge in [-0.2, -0.15) is 0 Å². The van der Waals surface area contributed by atoms with E-state index in [4.69, 9.17) is 9.47 Å². The summed E-state index contributed by atoms with van der Waals surface area (Å²) in [5, 5.41) is 1.74. The molecule has 0 unspecified atom stereocenters. The number of benzene rings is 1. The molecule has 0 fully saturated rings. The maximum atomic E-state index is 12.1. The topological polar surface area (TPSA) is 65.5 Å². The van der Waals surface area contributed by atoms with E-state index in [0.29, 0.717) is 0 Å². The monoisotopic (exact) mass is 363 g/mol. The second-order valence-electron chi connectivity index (χ2n) is 4.61. The Bertz CT molecular complexity index is 932. The van der Waals surface area contributed by atoms with Gasteiger partial charge in [0.25, 0.3) is 0 Å². The van der Waals surface area contributed by atoms with E-state index in [1.807, 2.05) is 24.3 Å². The average Bonchev–Trinajstić information content (AvgIpc) is 2.52. The Kier molecular flexibility index (Phi) is 3.96. The van der Waals surface area contributed by atoms with Crippen LogP contribution in [-0.2, 0) is 4.74 Å². The first kappa shape index (κ1) is 14.8. The van der Waals surface area contributed by atoms with Crippen molar-refractivity contribution in [3.63, 3.8) is 0 Å². The van der Waals surface area contributed by atoms with E-state index < -0.39 is 20.5 Å². The van der Waals surface area contributed by atoms with Gasteiger partial charge in [0, 0.05) is 0 Å². The number of ether oxygens (including phenoxy) is 2. The predicted octanol–water partition coefficient (Wildman–Crippen LogP) is 1.99. The van der Waals surface area contributed by atoms with Gasteiger partial charge in [-0.25, -0.2) is 0 Å². The molecule has 22 heavy (non-hydrogen) atoms. The number of hydrogen-bond donors (Lipinski definition) is 0. The summed E-state index contributed by atoms with van der Waals surface area (Å²) in [4.78, 5) is 28.5. The van der Waals surface area contributed by atoms with E-state index >= 15 is 0 Å². The van der Waals surface area contributed by atoms with Crippen molar-refractivity contribution in [2.24, 2.45) is 0 Å². The summed E-state index contributed by atoms with van der Waals surface area (Å²) in [5.74, 6) is 0.159. The Morgan fingerprint density at radius 2 is 2.05 bits per heavy atom. The first-order valence-electron chi connectivity index (χ1n) is 6.72. The fraction of sp³-hybridized carbons (Fsp3) is 0.188. The number of esters is 1. The second kappa shape index (κ2) is 5.91. The molecule has 3 rings (SSSR count). The third-order valence-corrected chi connectivity index (χ3v) is 5.16. The van der Waals surface area contributed by atoms with Crippen LogP contribution in [0, 0.1) is 0 Å². The number of rotatable bonds is 3. The van der Waals surface area contributed by atoms with Crippen LogP contribution in [0.15, 0.2) is 35.1 Å². The summed E-state index contributed by atoms with van der Waals surface area (Å²) in [6.45, 7) is 1.96. The van der Waals surface area contributed by atoms with Crippen molar-refractivity contribution in [1.82, 2.24) is 4.98 Å². The molecule has 0 aliphatic rings. The Morgan fingerprint density at radius 1 is 1.23 bits per heavy atom. The van der Waals surface area contributed by atoms with Crippen LogP contribution in [0.3, 0.4) is 0 Å². The number of aromatic nitrogens is 1. The molecule has 0 aliphatic heterocycles. The molecule has 0 saturated heterocycles. The van der Waals surface area contributed by atoms with Gasteiger partial charge in [0.05, 0.1) is 0 Å². The number of hydrogen-bond acceptors (Lipinski definition) is 5. The standard InChI is InChI=1S/C16H13NO4Se/c1-3-21-15(18)12-7-10-6-9-4-5-11(20-2)8-13(9)17-14(10)22-16(12)19/h4-8H,3H2,1-2H3. The van der Waals surface area contributed by atoms with E-state index in [1.54, 1.807) is 20.1 Å². The number of methoxy groups -OCH3 is 1. The van der Waals surface area contributed by atoms with E-state index in [0.717, 1.165) is 26.4 Å². The summed E-state index contributed by atoms with van der Waals surface area (Å²) in [7, 11) is 1.60. The fourth-order valence-electron chi connectivity index (χ4n) is 2.17. The number of fused-ring (bicyclic) bond motifs is 2. The van der Waals surface area contributed by atoms with Gasteiger partial charge in [-0.1, -0.05) is 0 Å². The minimum atomic E-state index is -0.560. The first-order chi connectivity index (χ1) is 10.6. The van der Waals surface area contributed by atoms with Crippen LogP contribution in [0.25, 0.3) is 20.7 Å². The molecule has 0 N–H and O–H groups in total. The number of carbonyl (C=O) groups is 1. The van der Waals surface area contributed by atoms with Crippen molar-refractivity contribution in [3.8, 4) is 5.75 Å². The third-order valence-electron chi connectivity index (χ3n) is 3.22. The van der Waals surface area contributed by atoms with Crippen LogP contribution in [0.4, 0.5) is 0 Å². The second-order valence-corrected chi connectivity index (χ2v) is 6.63. The van der Waals surface area contributed by atoms with Gasteiger partial charge in [0.1, 0.15) is 0 Å². The van der Waals surface area contributed by atoms with Gasteiger partial charge in [-0.05, 0) is 0 Å². The van der Waals surface area contributed by atoms with Crippen molar-refractivity contribution in [2.45, 2.75) is 6.92 Å². The fourth-order valence-corrected chi connectivity index (χ4v) is 3.86. The van der Waals surface area contributed by atoms with Gasteiger partial charge in [-0.15, -0.1) is 0 Å². The summed E-state index contributed by atoms with van der Waals surface area (Å²) < 4.78 is 10.6. The molecule has 1 aromatic carbocycles. The Morgan fingerprint density at radius 3 is 2.77 bits per heavy atom. The van der Waals surface area contributed by atoms with E-state index in [2.05, 4.69) is 4.98 Å². The molecule has 6 heteroatoms. The molecule has 0 atom stereocenters. The SMILES string of the molecule is CCOC(=O)c1cc2cc3ccc(OC)cc3nc2[se]c1=O. The predicted molar refractivity (Wildman–Crippen MR) is 85.0 cm³/mol. The van der Waals surface area contributed by atoms with Crippen LogP contribution >= 0.6 is 0 Å². The molecule has 2 heterocycles. The van der Waals surface area contributed by atoms with Crippen LogP contribution in [0.1, 0.15) is 17.3 Å². The maximum absolute atomic E-state index is 12.1. The van der Waals surface area contributed by atoms with Crippen LogP contribution in [0.5, 0.6) is 5.75 Å². The molecule has 2 aromatic heterocycles. The molecule has 0 spiro atoms. The van der Waals surface area contributed by atoms with Crippen molar-refractivity contribution < 1.29 is 14.3 Å². The molecule has 0 saturated carbocycles. The van der Waals surface area contributed by atoms with Crippen LogP contribution in [0.2, 0.25) is 0 Å². The molecule has 0 bridgehead atoms. The normalized spacial score (nSPS) is 10.8. The number of carbonyl (C=O) groups excluding carboxylic acids is 1. The summed E-state index contributed by atoms with van der Waals surface area (Å²) in [6, 6.07) is 9.11. The molecule has 0 amide bonds.